The normalized spacial score (nSPS) is 24.5. The smallest absolute Gasteiger partial charge is 0.197 e. The molecule has 0 unspecified atom stereocenters. The first-order chi connectivity index (χ1) is 6.67. The standard InChI is InChI=1S/C11H21N3O/c1-10(2)8(15)11(3,4)14(7)9(12-5)13(10)6/h1-7H3. The topological polar surface area (TPSA) is 35.9 Å². The Balaban J connectivity index is 3.30. The molecular weight excluding hydrogens is 190 g/mol. The first kappa shape index (κ1) is 12.0. The number of guanidine groups is 1. The van der Waals surface area contributed by atoms with Gasteiger partial charge in [0.05, 0.1) is 11.1 Å². The molecular formula is C11H21N3O. The summed E-state index contributed by atoms with van der Waals surface area (Å²) in [6.07, 6.45) is 0. The summed E-state index contributed by atoms with van der Waals surface area (Å²) in [6, 6.07) is 0. The highest BCUT2D eigenvalue weighted by molar-refractivity contribution is 6.04. The van der Waals surface area contributed by atoms with E-state index >= 15 is 0 Å². The number of rotatable bonds is 0. The molecule has 1 saturated heterocycles. The number of carbonyl (C=O) groups excluding carboxylic acids is 1. The summed E-state index contributed by atoms with van der Waals surface area (Å²) in [6.45, 7) is 7.76. The Morgan fingerprint density at radius 2 is 1.33 bits per heavy atom. The Labute approximate surface area is 92.0 Å². The minimum Gasteiger partial charge on any atom is -0.334 e. The second kappa shape index (κ2) is 3.22. The van der Waals surface area contributed by atoms with Gasteiger partial charge in [-0.25, -0.2) is 0 Å². The van der Waals surface area contributed by atoms with E-state index in [2.05, 4.69) is 4.99 Å². The van der Waals surface area contributed by atoms with E-state index in [1.54, 1.807) is 7.05 Å². The van der Waals surface area contributed by atoms with E-state index in [0.717, 1.165) is 5.96 Å². The van der Waals surface area contributed by atoms with Gasteiger partial charge in [-0.1, -0.05) is 0 Å². The Bertz CT molecular complexity index is 292. The lowest BCUT2D eigenvalue weighted by Gasteiger charge is -2.52. The highest BCUT2D eigenvalue weighted by atomic mass is 16.1. The van der Waals surface area contributed by atoms with Crippen molar-refractivity contribution in [3.8, 4) is 0 Å². The zero-order valence-corrected chi connectivity index (χ0v) is 10.7. The molecule has 1 aliphatic rings. The van der Waals surface area contributed by atoms with Crippen LogP contribution in [-0.4, -0.2) is 53.8 Å². The van der Waals surface area contributed by atoms with Crippen LogP contribution < -0.4 is 0 Å². The van der Waals surface area contributed by atoms with Crippen LogP contribution in [0.25, 0.3) is 0 Å². The average Bonchev–Trinajstić information content (AvgIpc) is 2.15. The van der Waals surface area contributed by atoms with E-state index in [0.29, 0.717) is 0 Å². The van der Waals surface area contributed by atoms with Gasteiger partial charge in [0.2, 0.25) is 0 Å². The van der Waals surface area contributed by atoms with Crippen molar-refractivity contribution in [2.24, 2.45) is 4.99 Å². The predicted molar refractivity (Wildman–Crippen MR) is 62.1 cm³/mol. The Morgan fingerprint density at radius 3 is 1.60 bits per heavy atom. The van der Waals surface area contributed by atoms with E-state index < -0.39 is 11.1 Å². The number of ketones is 1. The lowest BCUT2D eigenvalue weighted by molar-refractivity contribution is -0.139. The Kier molecular flexibility index (Phi) is 2.58. The summed E-state index contributed by atoms with van der Waals surface area (Å²) in [7, 11) is 5.57. The van der Waals surface area contributed by atoms with Crippen molar-refractivity contribution in [2.75, 3.05) is 21.1 Å². The van der Waals surface area contributed by atoms with Crippen molar-refractivity contribution in [3.05, 3.63) is 0 Å². The molecule has 0 aliphatic carbocycles. The van der Waals surface area contributed by atoms with Gasteiger partial charge in [-0.15, -0.1) is 0 Å². The Hall–Kier alpha value is -1.06. The molecule has 86 valence electrons. The molecule has 0 N–H and O–H groups in total. The van der Waals surface area contributed by atoms with Crippen molar-refractivity contribution in [2.45, 2.75) is 38.8 Å². The lowest BCUT2D eigenvalue weighted by Crippen LogP contribution is -2.71. The van der Waals surface area contributed by atoms with Crippen molar-refractivity contribution < 1.29 is 4.79 Å². The quantitative estimate of drug-likeness (QED) is 0.599. The maximum absolute atomic E-state index is 12.3. The van der Waals surface area contributed by atoms with Gasteiger partial charge in [0.15, 0.2) is 11.7 Å². The van der Waals surface area contributed by atoms with E-state index in [9.17, 15) is 4.79 Å². The molecule has 0 aromatic carbocycles. The maximum atomic E-state index is 12.3. The van der Waals surface area contributed by atoms with Gasteiger partial charge in [0, 0.05) is 21.1 Å². The van der Waals surface area contributed by atoms with Gasteiger partial charge in [-0.2, -0.15) is 0 Å². The summed E-state index contributed by atoms with van der Waals surface area (Å²) >= 11 is 0. The molecule has 0 saturated carbocycles. The summed E-state index contributed by atoms with van der Waals surface area (Å²) in [4.78, 5) is 20.4. The number of hydrogen-bond acceptors (Lipinski definition) is 2. The molecule has 0 atom stereocenters. The highest BCUT2D eigenvalue weighted by Gasteiger charge is 2.51. The molecule has 0 aromatic heterocycles. The van der Waals surface area contributed by atoms with Gasteiger partial charge in [0.25, 0.3) is 0 Å². The van der Waals surface area contributed by atoms with Crippen LogP contribution in [0, 0.1) is 0 Å². The second-order valence-corrected chi connectivity index (χ2v) is 5.09. The predicted octanol–water partition coefficient (Wildman–Crippen LogP) is 0.976. The average molecular weight is 211 g/mol. The molecule has 0 aromatic rings. The Morgan fingerprint density at radius 1 is 1.00 bits per heavy atom. The summed E-state index contributed by atoms with van der Waals surface area (Å²) < 4.78 is 0. The van der Waals surface area contributed by atoms with Gasteiger partial charge in [-0.3, -0.25) is 9.79 Å². The van der Waals surface area contributed by atoms with E-state index in [1.165, 1.54) is 0 Å². The molecule has 1 fully saturated rings. The third-order valence-corrected chi connectivity index (χ3v) is 3.59. The van der Waals surface area contributed by atoms with Crippen molar-refractivity contribution in [1.29, 1.82) is 0 Å². The van der Waals surface area contributed by atoms with E-state index in [4.69, 9.17) is 0 Å². The number of Topliss-reactive ketones (excluding diaryl/α,β-unsaturated/α-hetero) is 1. The van der Waals surface area contributed by atoms with Crippen LogP contribution in [0.1, 0.15) is 27.7 Å². The van der Waals surface area contributed by atoms with Crippen molar-refractivity contribution in [1.82, 2.24) is 9.80 Å². The third kappa shape index (κ3) is 1.43. The van der Waals surface area contributed by atoms with E-state index in [1.807, 2.05) is 51.6 Å². The highest BCUT2D eigenvalue weighted by Crippen LogP contribution is 2.31. The molecule has 4 nitrogen and oxygen atoms in total. The monoisotopic (exact) mass is 211 g/mol. The van der Waals surface area contributed by atoms with Crippen LogP contribution in [-0.2, 0) is 4.79 Å². The van der Waals surface area contributed by atoms with Gasteiger partial charge < -0.3 is 9.80 Å². The molecule has 0 radical (unpaired) electrons. The lowest BCUT2D eigenvalue weighted by atomic mass is 9.81. The first-order valence-electron chi connectivity index (χ1n) is 5.16. The molecule has 0 spiro atoms. The summed E-state index contributed by atoms with van der Waals surface area (Å²) in [5.41, 5.74) is -0.990. The number of hydrogen-bond donors (Lipinski definition) is 0. The van der Waals surface area contributed by atoms with Gasteiger partial charge in [0.1, 0.15) is 0 Å². The maximum Gasteiger partial charge on any atom is 0.197 e. The second-order valence-electron chi connectivity index (χ2n) is 5.09. The zero-order chi connectivity index (χ0) is 12.0. The minimum atomic E-state index is -0.495. The molecule has 0 bridgehead atoms. The third-order valence-electron chi connectivity index (χ3n) is 3.59. The van der Waals surface area contributed by atoms with E-state index in [-0.39, 0.29) is 5.78 Å². The van der Waals surface area contributed by atoms with Crippen LogP contribution in [0.5, 0.6) is 0 Å². The van der Waals surface area contributed by atoms with Crippen molar-refractivity contribution >= 4 is 11.7 Å². The van der Waals surface area contributed by atoms with Gasteiger partial charge >= 0.3 is 0 Å². The zero-order valence-electron chi connectivity index (χ0n) is 10.7. The fraction of sp³-hybridized carbons (Fsp3) is 0.818. The fourth-order valence-electron chi connectivity index (χ4n) is 2.08. The van der Waals surface area contributed by atoms with Crippen LogP contribution in [0.15, 0.2) is 4.99 Å². The number of nitrogens with zero attached hydrogens (tertiary/aromatic N) is 3. The minimum absolute atomic E-state index is 0.215. The number of aliphatic imine (C=N–C) groups is 1. The SMILES string of the molecule is CN=C1N(C)C(C)(C)C(=O)C(C)(C)N1C. The number of carbonyl (C=O) groups is 1. The van der Waals surface area contributed by atoms with Crippen LogP contribution in [0.3, 0.4) is 0 Å². The molecule has 4 heteroatoms. The molecule has 0 amide bonds. The first-order valence-corrected chi connectivity index (χ1v) is 5.16. The molecule has 1 heterocycles. The molecule has 1 rings (SSSR count). The van der Waals surface area contributed by atoms with Crippen LogP contribution in [0.4, 0.5) is 0 Å². The molecule has 1 aliphatic heterocycles. The largest absolute Gasteiger partial charge is 0.334 e. The molecule has 15 heavy (non-hydrogen) atoms. The van der Waals surface area contributed by atoms with Gasteiger partial charge in [-0.05, 0) is 27.7 Å². The van der Waals surface area contributed by atoms with Crippen LogP contribution in [0.2, 0.25) is 0 Å². The number of likely N-dealkylation sites (N-methyl/N-ethyl adjacent to an activating group) is 2. The van der Waals surface area contributed by atoms with Crippen molar-refractivity contribution in [3.63, 3.8) is 0 Å². The van der Waals surface area contributed by atoms with Crippen LogP contribution >= 0.6 is 0 Å². The summed E-state index contributed by atoms with van der Waals surface area (Å²) in [5.74, 6) is 1.07. The summed E-state index contributed by atoms with van der Waals surface area (Å²) in [5, 5.41) is 0. The fourth-order valence-corrected chi connectivity index (χ4v) is 2.08.